The summed E-state index contributed by atoms with van der Waals surface area (Å²) in [6, 6.07) is 4.76. The fraction of sp³-hybridized carbons (Fsp3) is 0.250. The van der Waals surface area contributed by atoms with Gasteiger partial charge in [-0.3, -0.25) is 9.59 Å². The van der Waals surface area contributed by atoms with Crippen LogP contribution in [0.25, 0.3) is 0 Å². The Morgan fingerprint density at radius 1 is 1.21 bits per heavy atom. The van der Waals surface area contributed by atoms with Gasteiger partial charge in [0.05, 0.1) is 6.26 Å². The number of benzene rings is 1. The molecule has 1 aliphatic rings. The van der Waals surface area contributed by atoms with E-state index < -0.39 is 29.3 Å². The molecule has 5 nitrogen and oxygen atoms in total. The normalized spacial score (nSPS) is 17.1. The van der Waals surface area contributed by atoms with Gasteiger partial charge in [0.1, 0.15) is 5.76 Å². The fourth-order valence-corrected chi connectivity index (χ4v) is 2.66. The number of nitrogens with one attached hydrogen (secondary N) is 1. The highest BCUT2D eigenvalue weighted by Gasteiger charge is 2.32. The van der Waals surface area contributed by atoms with Gasteiger partial charge in [0.25, 0.3) is 0 Å². The maximum absolute atomic E-state index is 13.1. The summed E-state index contributed by atoms with van der Waals surface area (Å²) in [5.41, 5.74) is -0.327. The molecule has 1 N–H and O–H groups in total. The van der Waals surface area contributed by atoms with Crippen LogP contribution in [0.2, 0.25) is 0 Å². The van der Waals surface area contributed by atoms with Crippen molar-refractivity contribution in [2.24, 2.45) is 0 Å². The number of amides is 2. The van der Waals surface area contributed by atoms with Crippen LogP contribution in [0, 0.1) is 17.5 Å². The van der Waals surface area contributed by atoms with Crippen molar-refractivity contribution in [2.75, 3.05) is 18.4 Å². The van der Waals surface area contributed by atoms with Crippen molar-refractivity contribution in [1.82, 2.24) is 4.90 Å². The van der Waals surface area contributed by atoms with Crippen molar-refractivity contribution < 1.29 is 27.2 Å². The van der Waals surface area contributed by atoms with Crippen LogP contribution in [0.5, 0.6) is 0 Å². The number of rotatable bonds is 2. The predicted octanol–water partition coefficient (Wildman–Crippen LogP) is 2.65. The molecule has 8 heteroatoms. The lowest BCUT2D eigenvalue weighted by Crippen LogP contribution is -2.38. The van der Waals surface area contributed by atoms with E-state index in [9.17, 15) is 22.8 Å². The molecule has 126 valence electrons. The fourth-order valence-electron chi connectivity index (χ4n) is 2.66. The largest absolute Gasteiger partial charge is 0.469 e. The van der Waals surface area contributed by atoms with Gasteiger partial charge in [-0.05, 0) is 18.6 Å². The maximum Gasteiger partial charge on any atom is 0.313 e. The number of furan rings is 1. The lowest BCUT2D eigenvalue weighted by atomic mass is 10.1. The number of hydrogen-bond donors (Lipinski definition) is 1. The summed E-state index contributed by atoms with van der Waals surface area (Å²) in [4.78, 5) is 25.4. The molecule has 0 saturated carbocycles. The molecule has 1 fully saturated rings. The van der Waals surface area contributed by atoms with Gasteiger partial charge >= 0.3 is 11.8 Å². The summed E-state index contributed by atoms with van der Waals surface area (Å²) in [5.74, 6) is -5.67. The third-order valence-electron chi connectivity index (χ3n) is 3.86. The van der Waals surface area contributed by atoms with Gasteiger partial charge in [-0.15, -0.1) is 0 Å². The van der Waals surface area contributed by atoms with Crippen LogP contribution < -0.4 is 5.32 Å². The van der Waals surface area contributed by atoms with Gasteiger partial charge in [-0.1, -0.05) is 0 Å². The Balaban J connectivity index is 1.64. The zero-order valence-corrected chi connectivity index (χ0v) is 12.4. The highest BCUT2D eigenvalue weighted by molar-refractivity contribution is 6.39. The first-order valence-corrected chi connectivity index (χ1v) is 7.24. The molecule has 0 spiro atoms. The molecule has 24 heavy (non-hydrogen) atoms. The average Bonchev–Trinajstić information content (AvgIpc) is 3.22. The average molecular weight is 338 g/mol. The van der Waals surface area contributed by atoms with Crippen molar-refractivity contribution >= 4 is 17.5 Å². The summed E-state index contributed by atoms with van der Waals surface area (Å²) >= 11 is 0. The number of carbonyl (C=O) groups excluding carboxylic acids is 2. The second kappa shape index (κ2) is 6.38. The number of halogens is 3. The molecule has 1 saturated heterocycles. The molecule has 1 aromatic heterocycles. The van der Waals surface area contributed by atoms with Crippen molar-refractivity contribution in [3.8, 4) is 0 Å². The van der Waals surface area contributed by atoms with E-state index in [1.165, 1.54) is 11.2 Å². The number of carbonyl (C=O) groups is 2. The molecule has 3 rings (SSSR count). The summed E-state index contributed by atoms with van der Waals surface area (Å²) in [5, 5.41) is 2.08. The number of hydrogen-bond acceptors (Lipinski definition) is 3. The van der Waals surface area contributed by atoms with Gasteiger partial charge in [0.2, 0.25) is 0 Å². The van der Waals surface area contributed by atoms with Crippen molar-refractivity contribution in [3.05, 3.63) is 53.7 Å². The highest BCUT2D eigenvalue weighted by Crippen LogP contribution is 2.27. The second-order valence-electron chi connectivity index (χ2n) is 5.46. The zero-order valence-electron chi connectivity index (χ0n) is 12.4. The second-order valence-corrected chi connectivity index (χ2v) is 5.46. The first kappa shape index (κ1) is 16.1. The predicted molar refractivity (Wildman–Crippen MR) is 77.6 cm³/mol. The third-order valence-corrected chi connectivity index (χ3v) is 3.86. The highest BCUT2D eigenvalue weighted by atomic mass is 19.2. The molecule has 1 aromatic carbocycles. The topological polar surface area (TPSA) is 62.6 Å². The Morgan fingerprint density at radius 2 is 1.92 bits per heavy atom. The van der Waals surface area contributed by atoms with Crippen LogP contribution in [0.3, 0.4) is 0 Å². The SMILES string of the molecule is O=C(Nc1cc(F)c(F)c(F)c1)C(=O)N1CC[C@@H](c2ccco2)C1. The molecule has 0 bridgehead atoms. The zero-order chi connectivity index (χ0) is 17.3. The van der Waals surface area contributed by atoms with Crippen molar-refractivity contribution in [2.45, 2.75) is 12.3 Å². The number of nitrogens with zero attached hydrogens (tertiary/aromatic N) is 1. The van der Waals surface area contributed by atoms with Crippen LogP contribution in [0.1, 0.15) is 18.1 Å². The quantitative estimate of drug-likeness (QED) is 0.676. The van der Waals surface area contributed by atoms with Crippen LogP contribution >= 0.6 is 0 Å². The summed E-state index contributed by atoms with van der Waals surface area (Å²) in [7, 11) is 0. The molecule has 0 unspecified atom stereocenters. The minimum atomic E-state index is -1.64. The first-order valence-electron chi connectivity index (χ1n) is 7.24. The molecular weight excluding hydrogens is 325 g/mol. The van der Waals surface area contributed by atoms with Gasteiger partial charge in [0.15, 0.2) is 17.5 Å². The van der Waals surface area contributed by atoms with Crippen LogP contribution in [0.15, 0.2) is 34.9 Å². The lowest BCUT2D eigenvalue weighted by Gasteiger charge is -2.15. The molecule has 2 heterocycles. The van der Waals surface area contributed by atoms with Crippen LogP contribution in [-0.2, 0) is 9.59 Å². The van der Waals surface area contributed by atoms with Gasteiger partial charge in [0, 0.05) is 36.8 Å². The maximum atomic E-state index is 13.1. The Labute approximate surface area is 135 Å². The summed E-state index contributed by atoms with van der Waals surface area (Å²) < 4.78 is 44.4. The smallest absolute Gasteiger partial charge is 0.313 e. The third kappa shape index (κ3) is 3.12. The monoisotopic (exact) mass is 338 g/mol. The number of likely N-dealkylation sites (tertiary alicyclic amines) is 1. The Kier molecular flexibility index (Phi) is 4.28. The van der Waals surface area contributed by atoms with E-state index in [1.807, 2.05) is 0 Å². The van der Waals surface area contributed by atoms with Crippen LogP contribution in [-0.4, -0.2) is 29.8 Å². The van der Waals surface area contributed by atoms with E-state index >= 15 is 0 Å². The Morgan fingerprint density at radius 3 is 2.54 bits per heavy atom. The standard InChI is InChI=1S/C16H13F3N2O3/c17-11-6-10(7-12(18)14(11)19)20-15(22)16(23)21-4-3-9(8-21)13-2-1-5-24-13/h1-2,5-7,9H,3-4,8H2,(H,20,22)/t9-/m1/s1. The van der Waals surface area contributed by atoms with E-state index in [-0.39, 0.29) is 11.6 Å². The van der Waals surface area contributed by atoms with E-state index in [0.29, 0.717) is 31.6 Å². The molecule has 2 amide bonds. The molecule has 1 atom stereocenters. The molecule has 0 radical (unpaired) electrons. The molecular formula is C16H13F3N2O3. The minimum Gasteiger partial charge on any atom is -0.469 e. The first-order chi connectivity index (χ1) is 11.5. The Hall–Kier alpha value is -2.77. The number of anilines is 1. The lowest BCUT2D eigenvalue weighted by molar-refractivity contribution is -0.142. The summed E-state index contributed by atoms with van der Waals surface area (Å²) in [6.07, 6.45) is 2.18. The van der Waals surface area contributed by atoms with Gasteiger partial charge < -0.3 is 14.6 Å². The van der Waals surface area contributed by atoms with Crippen LogP contribution in [0.4, 0.5) is 18.9 Å². The van der Waals surface area contributed by atoms with Gasteiger partial charge in [-0.25, -0.2) is 13.2 Å². The van der Waals surface area contributed by atoms with Crippen molar-refractivity contribution in [3.63, 3.8) is 0 Å². The molecule has 1 aliphatic heterocycles. The minimum absolute atomic E-state index is 0.00235. The molecule has 0 aliphatic carbocycles. The molecule has 2 aromatic rings. The Bertz CT molecular complexity index is 754. The van der Waals surface area contributed by atoms with E-state index in [4.69, 9.17) is 4.42 Å². The van der Waals surface area contributed by atoms with Gasteiger partial charge in [-0.2, -0.15) is 0 Å². The van der Waals surface area contributed by atoms with Crippen molar-refractivity contribution in [1.29, 1.82) is 0 Å². The van der Waals surface area contributed by atoms with E-state index in [1.54, 1.807) is 12.1 Å². The van der Waals surface area contributed by atoms with E-state index in [0.717, 1.165) is 5.76 Å². The summed E-state index contributed by atoms with van der Waals surface area (Å²) in [6.45, 7) is 0.676. The van der Waals surface area contributed by atoms with E-state index in [2.05, 4.69) is 5.32 Å².